The van der Waals surface area contributed by atoms with Crippen LogP contribution in [-0.4, -0.2) is 42.3 Å². The summed E-state index contributed by atoms with van der Waals surface area (Å²) >= 11 is 0. The van der Waals surface area contributed by atoms with Crippen molar-refractivity contribution in [3.05, 3.63) is 47.9 Å². The first-order valence-electron chi connectivity index (χ1n) is 9.09. The van der Waals surface area contributed by atoms with Crippen molar-refractivity contribution in [1.82, 2.24) is 29.8 Å². The van der Waals surface area contributed by atoms with Crippen LogP contribution in [0.5, 0.6) is 0 Å². The van der Waals surface area contributed by atoms with E-state index in [0.29, 0.717) is 24.7 Å². The van der Waals surface area contributed by atoms with Gasteiger partial charge in [0, 0.05) is 30.6 Å². The third kappa shape index (κ3) is 3.34. The summed E-state index contributed by atoms with van der Waals surface area (Å²) in [6.07, 6.45) is 3.68. The molecule has 0 aromatic carbocycles. The van der Waals surface area contributed by atoms with Gasteiger partial charge in [-0.25, -0.2) is 9.67 Å². The number of hydrogen-bond acceptors (Lipinski definition) is 6. The average molecular weight is 366 g/mol. The maximum absolute atomic E-state index is 12.9. The van der Waals surface area contributed by atoms with Crippen LogP contribution in [0, 0.1) is 12.8 Å². The Morgan fingerprint density at radius 3 is 2.89 bits per heavy atom. The molecule has 1 aliphatic rings. The maximum Gasteiger partial charge on any atom is 0.230 e. The van der Waals surface area contributed by atoms with Crippen LogP contribution in [0.1, 0.15) is 37.2 Å². The Hall–Kier alpha value is -3.03. The van der Waals surface area contributed by atoms with E-state index >= 15 is 0 Å². The highest BCUT2D eigenvalue weighted by atomic mass is 16.5. The zero-order chi connectivity index (χ0) is 19.0. The molecule has 4 rings (SSSR count). The topological polar surface area (TPSA) is 89.9 Å². The van der Waals surface area contributed by atoms with Gasteiger partial charge < -0.3 is 9.42 Å². The molecule has 0 radical (unpaired) electrons. The van der Waals surface area contributed by atoms with Crippen LogP contribution in [0.3, 0.4) is 0 Å². The van der Waals surface area contributed by atoms with Crippen molar-refractivity contribution in [3.8, 4) is 11.4 Å². The molecule has 1 aliphatic heterocycles. The fraction of sp³-hybridized carbons (Fsp3) is 0.421. The Morgan fingerprint density at radius 1 is 1.37 bits per heavy atom. The lowest BCUT2D eigenvalue weighted by molar-refractivity contribution is -0.135. The lowest BCUT2D eigenvalue weighted by Gasteiger charge is -2.37. The van der Waals surface area contributed by atoms with Crippen molar-refractivity contribution >= 4 is 5.91 Å². The van der Waals surface area contributed by atoms with E-state index < -0.39 is 0 Å². The minimum absolute atomic E-state index is 0.0158. The van der Waals surface area contributed by atoms with E-state index in [9.17, 15) is 4.79 Å². The third-order valence-electron chi connectivity index (χ3n) is 4.73. The van der Waals surface area contributed by atoms with E-state index in [1.807, 2.05) is 28.6 Å². The summed E-state index contributed by atoms with van der Waals surface area (Å²) in [5.74, 6) is 2.27. The van der Waals surface area contributed by atoms with Crippen LogP contribution in [-0.2, 0) is 17.8 Å². The van der Waals surface area contributed by atoms with Gasteiger partial charge in [0.05, 0.1) is 24.7 Å². The van der Waals surface area contributed by atoms with Crippen molar-refractivity contribution in [2.75, 3.05) is 6.54 Å². The number of aromatic nitrogens is 5. The lowest BCUT2D eigenvalue weighted by atomic mass is 9.99. The first kappa shape index (κ1) is 17.4. The molecule has 4 heterocycles. The summed E-state index contributed by atoms with van der Waals surface area (Å²) in [5, 5.41) is 8.50. The number of nitrogens with zero attached hydrogens (tertiary/aromatic N) is 6. The number of pyridine rings is 1. The second kappa shape index (κ2) is 6.94. The molecule has 0 bridgehead atoms. The van der Waals surface area contributed by atoms with Gasteiger partial charge in [-0.3, -0.25) is 9.78 Å². The highest BCUT2D eigenvalue weighted by Crippen LogP contribution is 2.32. The molecule has 0 aliphatic carbocycles. The Bertz CT molecular complexity index is 946. The second-order valence-electron chi connectivity index (χ2n) is 7.15. The van der Waals surface area contributed by atoms with E-state index in [1.54, 1.807) is 18.5 Å². The van der Waals surface area contributed by atoms with Gasteiger partial charge in [-0.1, -0.05) is 19.0 Å². The van der Waals surface area contributed by atoms with E-state index in [2.05, 4.69) is 29.1 Å². The number of hydrogen-bond donors (Lipinski definition) is 0. The third-order valence-corrected chi connectivity index (χ3v) is 4.73. The summed E-state index contributed by atoms with van der Waals surface area (Å²) in [4.78, 5) is 23.7. The summed E-state index contributed by atoms with van der Waals surface area (Å²) in [7, 11) is 0. The SMILES string of the molecule is Cc1cc(CC(=O)N2CCn3nc(-c4cccnc4)nc3[C@H]2C(C)C)on1. The largest absolute Gasteiger partial charge is 0.361 e. The fourth-order valence-electron chi connectivity index (χ4n) is 3.52. The molecule has 3 aromatic heterocycles. The molecule has 140 valence electrons. The van der Waals surface area contributed by atoms with Crippen LogP contribution in [0.4, 0.5) is 0 Å². The Labute approximate surface area is 157 Å². The minimum Gasteiger partial charge on any atom is -0.361 e. The van der Waals surface area contributed by atoms with Crippen molar-refractivity contribution in [2.45, 2.75) is 39.8 Å². The van der Waals surface area contributed by atoms with Crippen LogP contribution in [0.25, 0.3) is 11.4 Å². The summed E-state index contributed by atoms with van der Waals surface area (Å²) in [5.41, 5.74) is 1.65. The molecule has 1 amide bonds. The van der Waals surface area contributed by atoms with Gasteiger partial charge in [0.2, 0.25) is 5.91 Å². The van der Waals surface area contributed by atoms with Crippen LogP contribution < -0.4 is 0 Å². The van der Waals surface area contributed by atoms with Crippen molar-refractivity contribution in [3.63, 3.8) is 0 Å². The standard InChI is InChI=1S/C19H22N6O2/c1-12(2)17-19-21-18(14-5-4-6-20-11-14)22-25(19)8-7-24(17)16(26)10-15-9-13(3)23-27-15/h4-6,9,11-12,17H,7-8,10H2,1-3H3/t17-/m1/s1. The molecule has 8 nitrogen and oxygen atoms in total. The zero-order valence-electron chi connectivity index (χ0n) is 15.7. The van der Waals surface area contributed by atoms with Crippen LogP contribution in [0.15, 0.2) is 35.1 Å². The number of rotatable bonds is 4. The average Bonchev–Trinajstić information content (AvgIpc) is 3.27. The molecular formula is C19H22N6O2. The lowest BCUT2D eigenvalue weighted by Crippen LogP contribution is -2.45. The predicted molar refractivity (Wildman–Crippen MR) is 97.5 cm³/mol. The normalized spacial score (nSPS) is 16.6. The number of amides is 1. The zero-order valence-corrected chi connectivity index (χ0v) is 15.7. The Kier molecular flexibility index (Phi) is 4.47. The van der Waals surface area contributed by atoms with Crippen molar-refractivity contribution < 1.29 is 9.32 Å². The molecule has 0 N–H and O–H groups in total. The molecule has 1 atom stereocenters. The second-order valence-corrected chi connectivity index (χ2v) is 7.15. The highest BCUT2D eigenvalue weighted by Gasteiger charge is 2.36. The molecule has 0 saturated heterocycles. The van der Waals surface area contributed by atoms with E-state index in [4.69, 9.17) is 9.51 Å². The smallest absolute Gasteiger partial charge is 0.230 e. The number of fused-ring (bicyclic) bond motifs is 1. The van der Waals surface area contributed by atoms with Gasteiger partial charge in [0.1, 0.15) is 5.76 Å². The molecule has 0 spiro atoms. The predicted octanol–water partition coefficient (Wildman–Crippen LogP) is 2.42. The molecular weight excluding hydrogens is 344 g/mol. The number of carbonyl (C=O) groups excluding carboxylic acids is 1. The van der Waals surface area contributed by atoms with E-state index in [-0.39, 0.29) is 24.3 Å². The van der Waals surface area contributed by atoms with Gasteiger partial charge in [-0.05, 0) is 25.0 Å². The Morgan fingerprint density at radius 2 is 2.22 bits per heavy atom. The van der Waals surface area contributed by atoms with Crippen molar-refractivity contribution in [1.29, 1.82) is 0 Å². The summed E-state index contributed by atoms with van der Waals surface area (Å²) in [6.45, 7) is 7.25. The molecule has 0 saturated carbocycles. The quantitative estimate of drug-likeness (QED) is 0.704. The minimum atomic E-state index is -0.131. The first-order valence-corrected chi connectivity index (χ1v) is 9.09. The van der Waals surface area contributed by atoms with Gasteiger partial charge >= 0.3 is 0 Å². The van der Waals surface area contributed by atoms with Gasteiger partial charge in [-0.15, -0.1) is 0 Å². The van der Waals surface area contributed by atoms with E-state index in [0.717, 1.165) is 17.1 Å². The fourth-order valence-corrected chi connectivity index (χ4v) is 3.52. The highest BCUT2D eigenvalue weighted by molar-refractivity contribution is 5.78. The maximum atomic E-state index is 12.9. The van der Waals surface area contributed by atoms with Gasteiger partial charge in [-0.2, -0.15) is 5.10 Å². The molecule has 8 heteroatoms. The molecule has 0 unspecified atom stereocenters. The molecule has 27 heavy (non-hydrogen) atoms. The monoisotopic (exact) mass is 366 g/mol. The number of aryl methyl sites for hydroxylation is 1. The van der Waals surface area contributed by atoms with Gasteiger partial charge in [0.15, 0.2) is 11.6 Å². The van der Waals surface area contributed by atoms with Gasteiger partial charge in [0.25, 0.3) is 0 Å². The first-order chi connectivity index (χ1) is 13.0. The Balaban J connectivity index is 1.63. The molecule has 0 fully saturated rings. The summed E-state index contributed by atoms with van der Waals surface area (Å²) in [6, 6.07) is 5.47. The van der Waals surface area contributed by atoms with Crippen molar-refractivity contribution in [2.24, 2.45) is 5.92 Å². The van der Waals surface area contributed by atoms with Crippen LogP contribution in [0.2, 0.25) is 0 Å². The van der Waals surface area contributed by atoms with E-state index in [1.165, 1.54) is 0 Å². The number of carbonyl (C=O) groups is 1. The van der Waals surface area contributed by atoms with Crippen LogP contribution >= 0.6 is 0 Å². The summed E-state index contributed by atoms with van der Waals surface area (Å²) < 4.78 is 7.13. The molecule has 3 aromatic rings.